The Hall–Kier alpha value is -1.91. The summed E-state index contributed by atoms with van der Waals surface area (Å²) in [4.78, 5) is 25.7. The minimum absolute atomic E-state index is 0.00249. The first-order valence-corrected chi connectivity index (χ1v) is 6.87. The van der Waals surface area contributed by atoms with Gasteiger partial charge in [0.15, 0.2) is 0 Å². The highest BCUT2D eigenvalue weighted by Crippen LogP contribution is 2.22. The quantitative estimate of drug-likeness (QED) is 0.795. The van der Waals surface area contributed by atoms with Crippen LogP contribution in [0.25, 0.3) is 0 Å². The van der Waals surface area contributed by atoms with Gasteiger partial charge in [0.05, 0.1) is 12.2 Å². The van der Waals surface area contributed by atoms with Crippen LogP contribution in [0.1, 0.15) is 36.5 Å². The van der Waals surface area contributed by atoms with E-state index >= 15 is 0 Å². The number of likely N-dealkylation sites (tertiary alicyclic amines) is 1. The maximum Gasteiger partial charge on any atom is 0.328 e. The van der Waals surface area contributed by atoms with Crippen LogP contribution in [0.4, 0.5) is 4.39 Å². The van der Waals surface area contributed by atoms with Crippen molar-refractivity contribution >= 4 is 11.9 Å². The van der Waals surface area contributed by atoms with Gasteiger partial charge in [-0.25, -0.2) is 9.18 Å². The largest absolute Gasteiger partial charge is 0.464 e. The molecule has 1 amide bonds. The van der Waals surface area contributed by atoms with Crippen molar-refractivity contribution in [2.24, 2.45) is 0 Å². The zero-order chi connectivity index (χ0) is 14.5. The molecule has 0 N–H and O–H groups in total. The molecule has 1 aliphatic heterocycles. The molecule has 1 fully saturated rings. The average molecular weight is 279 g/mol. The van der Waals surface area contributed by atoms with Crippen LogP contribution in [-0.4, -0.2) is 36.0 Å². The van der Waals surface area contributed by atoms with Gasteiger partial charge in [0.25, 0.3) is 5.91 Å². The molecular formula is C15H18FNO3. The molecule has 1 aliphatic rings. The Morgan fingerprint density at radius 3 is 2.85 bits per heavy atom. The number of carbonyl (C=O) groups is 2. The number of hydrogen-bond acceptors (Lipinski definition) is 3. The summed E-state index contributed by atoms with van der Waals surface area (Å²) in [6.45, 7) is 2.71. The van der Waals surface area contributed by atoms with E-state index < -0.39 is 23.7 Å². The minimum Gasteiger partial charge on any atom is -0.464 e. The Balaban J connectivity index is 2.13. The van der Waals surface area contributed by atoms with Crippen molar-refractivity contribution in [2.45, 2.75) is 32.2 Å². The summed E-state index contributed by atoms with van der Waals surface area (Å²) >= 11 is 0. The van der Waals surface area contributed by atoms with Crippen molar-refractivity contribution in [3.8, 4) is 0 Å². The van der Waals surface area contributed by atoms with Crippen molar-refractivity contribution in [1.82, 2.24) is 4.90 Å². The molecule has 2 rings (SSSR count). The minimum atomic E-state index is -0.589. The van der Waals surface area contributed by atoms with E-state index in [0.29, 0.717) is 19.6 Å². The summed E-state index contributed by atoms with van der Waals surface area (Å²) in [5.74, 6) is -1.40. The van der Waals surface area contributed by atoms with Gasteiger partial charge in [-0.3, -0.25) is 4.79 Å². The lowest BCUT2D eigenvalue weighted by Gasteiger charge is -2.23. The smallest absolute Gasteiger partial charge is 0.328 e. The van der Waals surface area contributed by atoms with Crippen molar-refractivity contribution in [3.63, 3.8) is 0 Å². The lowest BCUT2D eigenvalue weighted by Crippen LogP contribution is -2.41. The maximum absolute atomic E-state index is 13.7. The van der Waals surface area contributed by atoms with E-state index in [1.165, 1.54) is 23.1 Å². The second-order valence-electron chi connectivity index (χ2n) is 4.80. The van der Waals surface area contributed by atoms with E-state index in [2.05, 4.69) is 0 Å². The third-order valence-electron chi connectivity index (χ3n) is 3.34. The maximum atomic E-state index is 13.7. The molecule has 0 aromatic heterocycles. The zero-order valence-corrected chi connectivity index (χ0v) is 11.5. The molecule has 5 heteroatoms. The Kier molecular flexibility index (Phi) is 4.71. The highest BCUT2D eigenvalue weighted by atomic mass is 19.1. The van der Waals surface area contributed by atoms with E-state index in [0.717, 1.165) is 12.8 Å². The van der Waals surface area contributed by atoms with E-state index in [1.807, 2.05) is 6.92 Å². The summed E-state index contributed by atoms with van der Waals surface area (Å²) < 4.78 is 18.8. The molecule has 4 nitrogen and oxygen atoms in total. The summed E-state index contributed by atoms with van der Waals surface area (Å²) in [6.07, 6.45) is 2.04. The number of rotatable bonds is 4. The number of hydrogen-bond donors (Lipinski definition) is 0. The molecule has 1 aromatic rings. The molecule has 0 bridgehead atoms. The molecule has 1 aromatic carbocycles. The third kappa shape index (κ3) is 2.98. The van der Waals surface area contributed by atoms with Crippen molar-refractivity contribution in [2.75, 3.05) is 13.2 Å². The van der Waals surface area contributed by atoms with Gasteiger partial charge in [-0.15, -0.1) is 0 Å². The van der Waals surface area contributed by atoms with Crippen LogP contribution in [0.5, 0.6) is 0 Å². The van der Waals surface area contributed by atoms with Crippen LogP contribution in [0.15, 0.2) is 24.3 Å². The standard InChI is InChI=1S/C15H18FNO3/c1-2-10-20-15(19)13-8-5-9-17(13)14(18)11-6-3-4-7-12(11)16/h3-4,6-7,13H,2,5,8-10H2,1H3. The molecule has 1 heterocycles. The van der Waals surface area contributed by atoms with Gasteiger partial charge >= 0.3 is 5.97 Å². The highest BCUT2D eigenvalue weighted by Gasteiger charge is 2.36. The Morgan fingerprint density at radius 2 is 2.15 bits per heavy atom. The molecule has 0 saturated carbocycles. The van der Waals surface area contributed by atoms with Crippen LogP contribution in [-0.2, 0) is 9.53 Å². The predicted molar refractivity (Wildman–Crippen MR) is 71.7 cm³/mol. The van der Waals surface area contributed by atoms with Gasteiger partial charge in [-0.1, -0.05) is 19.1 Å². The lowest BCUT2D eigenvalue weighted by molar-refractivity contribution is -0.148. The van der Waals surface area contributed by atoms with Gasteiger partial charge in [0.1, 0.15) is 11.9 Å². The number of ether oxygens (including phenoxy) is 1. The normalized spacial score (nSPS) is 18.1. The molecule has 0 spiro atoms. The molecule has 0 radical (unpaired) electrons. The van der Waals surface area contributed by atoms with Gasteiger partial charge in [0.2, 0.25) is 0 Å². The molecule has 1 saturated heterocycles. The molecular weight excluding hydrogens is 261 g/mol. The molecule has 108 valence electrons. The average Bonchev–Trinajstić information content (AvgIpc) is 2.94. The zero-order valence-electron chi connectivity index (χ0n) is 11.5. The highest BCUT2D eigenvalue weighted by molar-refractivity contribution is 5.97. The fraction of sp³-hybridized carbons (Fsp3) is 0.467. The number of halogens is 1. The summed E-state index contributed by atoms with van der Waals surface area (Å²) in [6, 6.07) is 5.23. The number of esters is 1. The van der Waals surface area contributed by atoms with Crippen LogP contribution in [0, 0.1) is 5.82 Å². The number of benzene rings is 1. The van der Waals surface area contributed by atoms with Gasteiger partial charge in [-0.2, -0.15) is 0 Å². The van der Waals surface area contributed by atoms with E-state index in [4.69, 9.17) is 4.74 Å². The first-order chi connectivity index (χ1) is 9.65. The van der Waals surface area contributed by atoms with Gasteiger partial charge in [-0.05, 0) is 31.4 Å². The van der Waals surface area contributed by atoms with Crippen LogP contribution in [0.2, 0.25) is 0 Å². The predicted octanol–water partition coefficient (Wildman–Crippen LogP) is 2.38. The second kappa shape index (κ2) is 6.50. The first kappa shape index (κ1) is 14.5. The monoisotopic (exact) mass is 279 g/mol. The van der Waals surface area contributed by atoms with E-state index in [-0.39, 0.29) is 5.56 Å². The molecule has 1 atom stereocenters. The SMILES string of the molecule is CCCOC(=O)C1CCCN1C(=O)c1ccccc1F. The van der Waals surface area contributed by atoms with Crippen LogP contribution in [0.3, 0.4) is 0 Å². The first-order valence-electron chi connectivity index (χ1n) is 6.87. The van der Waals surface area contributed by atoms with Crippen molar-refractivity contribution < 1.29 is 18.7 Å². The Labute approximate surface area is 117 Å². The Bertz CT molecular complexity index is 504. The van der Waals surface area contributed by atoms with E-state index in [9.17, 15) is 14.0 Å². The summed E-state index contributed by atoms with van der Waals surface area (Å²) in [5.41, 5.74) is 0.00249. The lowest BCUT2D eigenvalue weighted by atomic mass is 10.1. The van der Waals surface area contributed by atoms with Gasteiger partial charge < -0.3 is 9.64 Å². The van der Waals surface area contributed by atoms with E-state index in [1.54, 1.807) is 6.07 Å². The fourth-order valence-electron chi connectivity index (χ4n) is 2.34. The van der Waals surface area contributed by atoms with Crippen molar-refractivity contribution in [3.05, 3.63) is 35.6 Å². The van der Waals surface area contributed by atoms with Crippen molar-refractivity contribution in [1.29, 1.82) is 0 Å². The fourth-order valence-corrected chi connectivity index (χ4v) is 2.34. The topological polar surface area (TPSA) is 46.6 Å². The molecule has 0 aliphatic carbocycles. The number of carbonyl (C=O) groups excluding carboxylic acids is 2. The Morgan fingerprint density at radius 1 is 1.40 bits per heavy atom. The summed E-state index contributed by atoms with van der Waals surface area (Å²) in [7, 11) is 0. The molecule has 20 heavy (non-hydrogen) atoms. The second-order valence-corrected chi connectivity index (χ2v) is 4.80. The van der Waals surface area contributed by atoms with Gasteiger partial charge in [0, 0.05) is 6.54 Å². The van der Waals surface area contributed by atoms with Crippen LogP contribution >= 0.6 is 0 Å². The van der Waals surface area contributed by atoms with Crippen LogP contribution < -0.4 is 0 Å². The number of nitrogens with zero attached hydrogens (tertiary/aromatic N) is 1. The summed E-state index contributed by atoms with van der Waals surface area (Å²) in [5, 5.41) is 0. The number of amides is 1. The molecule has 1 unspecified atom stereocenters. The third-order valence-corrected chi connectivity index (χ3v) is 3.34.